The lowest BCUT2D eigenvalue weighted by Crippen LogP contribution is -1.98. The van der Waals surface area contributed by atoms with Crippen molar-refractivity contribution in [1.29, 1.82) is 5.26 Å². The molecule has 0 N–H and O–H groups in total. The number of ether oxygens (including phenoxy) is 1. The molecule has 0 aliphatic heterocycles. The number of nitro benzene ring substituents is 1. The minimum atomic E-state index is -0.526. The number of nitrogens with zero attached hydrogens (tertiary/aromatic N) is 3. The molecule has 1 aromatic heterocycles. The second kappa shape index (κ2) is 5.36. The van der Waals surface area contributed by atoms with Gasteiger partial charge in [-0.05, 0) is 19.9 Å². The van der Waals surface area contributed by atoms with Crippen LogP contribution >= 0.6 is 0 Å². The van der Waals surface area contributed by atoms with Crippen LogP contribution in [-0.4, -0.2) is 9.91 Å². The van der Waals surface area contributed by atoms with Gasteiger partial charge in [0.2, 0.25) is 5.75 Å². The number of nitriles is 1. The number of nitro groups is 1. The van der Waals surface area contributed by atoms with Crippen LogP contribution in [0.4, 0.5) is 5.69 Å². The van der Waals surface area contributed by atoms with Crippen LogP contribution in [0.15, 0.2) is 30.3 Å². The minimum absolute atomic E-state index is 0.0963. The molecule has 0 radical (unpaired) electrons. The number of pyridine rings is 1. The second-order valence-corrected chi connectivity index (χ2v) is 4.16. The Balaban J connectivity index is 2.51. The maximum Gasteiger partial charge on any atom is 0.311 e. The van der Waals surface area contributed by atoms with Crippen molar-refractivity contribution in [1.82, 2.24) is 4.98 Å². The van der Waals surface area contributed by atoms with Gasteiger partial charge in [0.05, 0.1) is 10.6 Å². The fourth-order valence-electron chi connectivity index (χ4n) is 1.82. The zero-order chi connectivity index (χ0) is 14.7. The molecule has 0 spiro atoms. The van der Waals surface area contributed by atoms with Crippen LogP contribution in [0.5, 0.6) is 11.5 Å². The molecule has 20 heavy (non-hydrogen) atoms. The molecule has 1 heterocycles. The molecular formula is C14H11N3O3. The van der Waals surface area contributed by atoms with Crippen molar-refractivity contribution >= 4 is 5.69 Å². The van der Waals surface area contributed by atoms with Crippen LogP contribution in [-0.2, 0) is 0 Å². The Hall–Kier alpha value is -2.94. The Morgan fingerprint density at radius 1 is 1.30 bits per heavy atom. The van der Waals surface area contributed by atoms with Crippen molar-refractivity contribution < 1.29 is 9.66 Å². The second-order valence-electron chi connectivity index (χ2n) is 4.16. The van der Waals surface area contributed by atoms with Crippen molar-refractivity contribution in [3.05, 3.63) is 57.4 Å². The number of rotatable bonds is 3. The quantitative estimate of drug-likeness (QED) is 0.630. The standard InChI is InChI=1S/C14H11N3O3/c1-9-7-14(11(8-15)10(2)16-9)20-13-6-4-3-5-12(13)17(18)19/h3-7H,1-2H3. The van der Waals surface area contributed by atoms with Gasteiger partial charge in [-0.1, -0.05) is 12.1 Å². The van der Waals surface area contributed by atoms with E-state index in [4.69, 9.17) is 10.00 Å². The van der Waals surface area contributed by atoms with Gasteiger partial charge in [0.1, 0.15) is 17.4 Å². The number of hydrogen-bond acceptors (Lipinski definition) is 5. The van der Waals surface area contributed by atoms with Gasteiger partial charge in [-0.15, -0.1) is 0 Å². The Kier molecular flexibility index (Phi) is 3.62. The molecule has 0 saturated carbocycles. The van der Waals surface area contributed by atoms with E-state index in [1.165, 1.54) is 12.1 Å². The molecule has 0 amide bonds. The summed E-state index contributed by atoms with van der Waals surface area (Å²) >= 11 is 0. The first-order valence-corrected chi connectivity index (χ1v) is 5.82. The fourth-order valence-corrected chi connectivity index (χ4v) is 1.82. The number of aromatic nitrogens is 1. The molecular weight excluding hydrogens is 258 g/mol. The van der Waals surface area contributed by atoms with E-state index in [0.29, 0.717) is 11.4 Å². The van der Waals surface area contributed by atoms with E-state index in [9.17, 15) is 10.1 Å². The van der Waals surface area contributed by atoms with Crippen molar-refractivity contribution in [3.8, 4) is 17.6 Å². The summed E-state index contributed by atoms with van der Waals surface area (Å²) in [6.07, 6.45) is 0. The molecule has 2 rings (SSSR count). The van der Waals surface area contributed by atoms with Crippen molar-refractivity contribution in [3.63, 3.8) is 0 Å². The van der Waals surface area contributed by atoms with Crippen LogP contribution in [0.2, 0.25) is 0 Å². The monoisotopic (exact) mass is 269 g/mol. The molecule has 0 saturated heterocycles. The number of benzene rings is 1. The smallest absolute Gasteiger partial charge is 0.311 e. The summed E-state index contributed by atoms with van der Waals surface area (Å²) in [5.41, 5.74) is 1.33. The van der Waals surface area contributed by atoms with Gasteiger partial charge in [0, 0.05) is 17.8 Å². The van der Waals surface area contributed by atoms with Crippen LogP contribution in [0, 0.1) is 35.3 Å². The highest BCUT2D eigenvalue weighted by Crippen LogP contribution is 2.33. The summed E-state index contributed by atoms with van der Waals surface area (Å²) in [7, 11) is 0. The van der Waals surface area contributed by atoms with Gasteiger partial charge in [-0.2, -0.15) is 5.26 Å². The third-order valence-electron chi connectivity index (χ3n) is 2.69. The molecule has 1 aromatic carbocycles. The topological polar surface area (TPSA) is 89.0 Å². The molecule has 6 heteroatoms. The molecule has 0 aliphatic carbocycles. The minimum Gasteiger partial charge on any atom is -0.449 e. The van der Waals surface area contributed by atoms with Crippen molar-refractivity contribution in [2.24, 2.45) is 0 Å². The molecule has 100 valence electrons. The van der Waals surface area contributed by atoms with E-state index in [2.05, 4.69) is 4.98 Å². The highest BCUT2D eigenvalue weighted by Gasteiger charge is 2.17. The first kappa shape index (κ1) is 13.5. The summed E-state index contributed by atoms with van der Waals surface area (Å²) in [6, 6.07) is 9.62. The average molecular weight is 269 g/mol. The predicted molar refractivity (Wildman–Crippen MR) is 71.6 cm³/mol. The highest BCUT2D eigenvalue weighted by molar-refractivity contribution is 5.52. The number of para-hydroxylation sites is 2. The SMILES string of the molecule is Cc1cc(Oc2ccccc2[N+](=O)[O-])c(C#N)c(C)n1. The summed E-state index contributed by atoms with van der Waals surface area (Å²) in [4.78, 5) is 14.6. The summed E-state index contributed by atoms with van der Waals surface area (Å²) in [5, 5.41) is 20.1. The van der Waals surface area contributed by atoms with Gasteiger partial charge in [-0.25, -0.2) is 0 Å². The van der Waals surface area contributed by atoms with Crippen molar-refractivity contribution in [2.45, 2.75) is 13.8 Å². The van der Waals surface area contributed by atoms with E-state index in [1.807, 2.05) is 6.07 Å². The molecule has 0 bridgehead atoms. The van der Waals surface area contributed by atoms with E-state index in [0.717, 1.165) is 0 Å². The Labute approximate surface area is 115 Å². The zero-order valence-corrected chi connectivity index (χ0v) is 11.0. The average Bonchev–Trinajstić information content (AvgIpc) is 2.38. The zero-order valence-electron chi connectivity index (χ0n) is 11.0. The number of aryl methyl sites for hydroxylation is 2. The summed E-state index contributed by atoms with van der Waals surface area (Å²) < 4.78 is 5.55. The summed E-state index contributed by atoms with van der Waals surface area (Å²) in [5.74, 6) is 0.366. The van der Waals surface area contributed by atoms with Gasteiger partial charge < -0.3 is 4.74 Å². The molecule has 6 nitrogen and oxygen atoms in total. The van der Waals surface area contributed by atoms with Crippen LogP contribution < -0.4 is 4.74 Å². The third-order valence-corrected chi connectivity index (χ3v) is 2.69. The van der Waals surface area contributed by atoms with Gasteiger partial charge in [0.15, 0.2) is 0 Å². The fraction of sp³-hybridized carbons (Fsp3) is 0.143. The molecule has 2 aromatic rings. The van der Waals surface area contributed by atoms with Crippen LogP contribution in [0.25, 0.3) is 0 Å². The Bertz CT molecular complexity index is 720. The van der Waals surface area contributed by atoms with E-state index < -0.39 is 4.92 Å². The Morgan fingerprint density at radius 2 is 2.00 bits per heavy atom. The summed E-state index contributed by atoms with van der Waals surface area (Å²) in [6.45, 7) is 3.46. The van der Waals surface area contributed by atoms with E-state index in [-0.39, 0.29) is 22.7 Å². The number of hydrogen-bond donors (Lipinski definition) is 0. The van der Waals surface area contributed by atoms with Gasteiger partial charge in [0.25, 0.3) is 0 Å². The lowest BCUT2D eigenvalue weighted by atomic mass is 10.2. The maximum absolute atomic E-state index is 10.9. The molecule has 0 unspecified atom stereocenters. The third kappa shape index (κ3) is 2.57. The van der Waals surface area contributed by atoms with Gasteiger partial charge >= 0.3 is 5.69 Å². The maximum atomic E-state index is 10.9. The lowest BCUT2D eigenvalue weighted by Gasteiger charge is -2.10. The first-order chi connectivity index (χ1) is 9.52. The largest absolute Gasteiger partial charge is 0.449 e. The molecule has 0 fully saturated rings. The molecule has 0 aliphatic rings. The predicted octanol–water partition coefficient (Wildman–Crippen LogP) is 3.27. The first-order valence-electron chi connectivity index (χ1n) is 5.82. The van der Waals surface area contributed by atoms with E-state index >= 15 is 0 Å². The van der Waals surface area contributed by atoms with Gasteiger partial charge in [-0.3, -0.25) is 15.1 Å². The van der Waals surface area contributed by atoms with Crippen LogP contribution in [0.1, 0.15) is 17.0 Å². The van der Waals surface area contributed by atoms with E-state index in [1.54, 1.807) is 32.0 Å². The van der Waals surface area contributed by atoms with Crippen LogP contribution in [0.3, 0.4) is 0 Å². The molecule has 0 atom stereocenters. The highest BCUT2D eigenvalue weighted by atomic mass is 16.6. The normalized spacial score (nSPS) is 9.85. The Morgan fingerprint density at radius 3 is 2.65 bits per heavy atom. The lowest BCUT2D eigenvalue weighted by molar-refractivity contribution is -0.385. The van der Waals surface area contributed by atoms with Crippen molar-refractivity contribution in [2.75, 3.05) is 0 Å².